The van der Waals surface area contributed by atoms with Gasteiger partial charge in [-0.25, -0.2) is 13.2 Å². The van der Waals surface area contributed by atoms with Gasteiger partial charge in [-0.15, -0.1) is 0 Å². The lowest BCUT2D eigenvalue weighted by Gasteiger charge is -2.34. The van der Waals surface area contributed by atoms with Crippen LogP contribution >= 0.6 is 0 Å². The minimum Gasteiger partial charge on any atom is -0.488 e. The summed E-state index contributed by atoms with van der Waals surface area (Å²) in [7, 11) is -2.09. The topological polar surface area (TPSA) is 128 Å². The van der Waals surface area contributed by atoms with Gasteiger partial charge in [-0.3, -0.25) is 9.52 Å². The number of hydrogen-bond acceptors (Lipinski definition) is 6. The number of nitrogens with zero attached hydrogens (tertiary/aromatic N) is 2. The van der Waals surface area contributed by atoms with E-state index in [0.29, 0.717) is 23.5 Å². The third-order valence-electron chi connectivity index (χ3n) is 7.96. The van der Waals surface area contributed by atoms with E-state index in [-0.39, 0.29) is 48.4 Å². The Morgan fingerprint density at radius 1 is 1.15 bits per heavy atom. The van der Waals surface area contributed by atoms with Crippen LogP contribution in [0.25, 0.3) is 0 Å². The molecule has 2 aromatic rings. The highest BCUT2D eigenvalue weighted by Crippen LogP contribution is 2.30. The highest BCUT2D eigenvalue weighted by atomic mass is 32.2. The molecule has 1 saturated carbocycles. The Kier molecular flexibility index (Phi) is 10.1. The zero-order valence-corrected chi connectivity index (χ0v) is 24.9. The molecule has 0 unspecified atom stereocenters. The van der Waals surface area contributed by atoms with Crippen LogP contribution in [0, 0.1) is 5.92 Å². The number of likely N-dealkylation sites (N-methyl/N-ethyl adjacent to an activating group) is 1. The Labute approximate surface area is 243 Å². The summed E-state index contributed by atoms with van der Waals surface area (Å²) in [5.41, 5.74) is 0.824. The largest absolute Gasteiger partial charge is 0.488 e. The molecule has 224 valence electrons. The molecular weight excluding hydrogens is 544 g/mol. The van der Waals surface area contributed by atoms with E-state index in [9.17, 15) is 23.1 Å². The second-order valence-electron chi connectivity index (χ2n) is 11.3. The van der Waals surface area contributed by atoms with Gasteiger partial charge in [-0.05, 0) is 50.1 Å². The molecule has 1 aliphatic carbocycles. The summed E-state index contributed by atoms with van der Waals surface area (Å²) < 4.78 is 34.9. The van der Waals surface area contributed by atoms with Gasteiger partial charge < -0.3 is 25.0 Å². The molecule has 0 saturated heterocycles. The summed E-state index contributed by atoms with van der Waals surface area (Å²) in [4.78, 5) is 29.9. The number of nitrogens with one attached hydrogen (secondary N) is 2. The van der Waals surface area contributed by atoms with E-state index in [2.05, 4.69) is 10.0 Å². The first-order valence-corrected chi connectivity index (χ1v) is 15.8. The number of fused-ring (bicyclic) bond motifs is 1. The zero-order valence-electron chi connectivity index (χ0n) is 24.1. The summed E-state index contributed by atoms with van der Waals surface area (Å²) >= 11 is 0. The van der Waals surface area contributed by atoms with Gasteiger partial charge in [0.05, 0.1) is 30.5 Å². The van der Waals surface area contributed by atoms with Crippen molar-refractivity contribution < 1.29 is 27.9 Å². The van der Waals surface area contributed by atoms with Gasteiger partial charge >= 0.3 is 6.03 Å². The first kappa shape index (κ1) is 30.6. The molecule has 3 atom stereocenters. The maximum atomic E-state index is 13.5. The van der Waals surface area contributed by atoms with Gasteiger partial charge in [0.2, 0.25) is 5.91 Å². The van der Waals surface area contributed by atoms with E-state index in [4.69, 9.17) is 4.74 Å². The van der Waals surface area contributed by atoms with Gasteiger partial charge in [0.25, 0.3) is 10.0 Å². The van der Waals surface area contributed by atoms with Crippen molar-refractivity contribution in [1.29, 1.82) is 0 Å². The normalized spacial score (nSPS) is 21.0. The van der Waals surface area contributed by atoms with Crippen LogP contribution in [-0.4, -0.2) is 80.2 Å². The van der Waals surface area contributed by atoms with E-state index in [0.717, 1.165) is 25.7 Å². The smallest absolute Gasteiger partial charge is 0.317 e. The number of rotatable bonds is 8. The van der Waals surface area contributed by atoms with E-state index >= 15 is 0 Å². The molecule has 4 rings (SSSR count). The molecule has 0 spiro atoms. The van der Waals surface area contributed by atoms with Gasteiger partial charge in [0, 0.05) is 36.8 Å². The molecule has 1 fully saturated rings. The van der Waals surface area contributed by atoms with Gasteiger partial charge in [-0.1, -0.05) is 44.4 Å². The molecule has 11 heteroatoms. The molecular formula is C30H42N4O6S. The summed E-state index contributed by atoms with van der Waals surface area (Å²) in [6.45, 7) is 4.18. The van der Waals surface area contributed by atoms with Crippen LogP contribution in [0.4, 0.5) is 10.5 Å². The molecule has 1 aliphatic heterocycles. The Balaban J connectivity index is 1.59. The first-order chi connectivity index (χ1) is 19.6. The van der Waals surface area contributed by atoms with Crippen molar-refractivity contribution >= 4 is 27.6 Å². The second kappa shape index (κ2) is 13.6. The standard InChI is InChI=1S/C30H42N4O6S/c1-21-18-34(22(2)20-35)29(36)17-23-16-25(32-41(38,39)26-12-8-5-9-13-26)14-15-27(23)40-28(21)19-33(3)30(37)31-24-10-6-4-7-11-24/h5,8-9,12-16,21-22,24,28,32,35H,4,6-7,10-11,17-20H2,1-3H3,(H,31,37)/t21-,22-,28-/m1/s1. The van der Waals surface area contributed by atoms with Crippen LogP contribution in [0.5, 0.6) is 5.75 Å². The number of ether oxygens (including phenoxy) is 1. The van der Waals surface area contributed by atoms with E-state index in [1.807, 2.05) is 6.92 Å². The number of benzene rings is 2. The molecule has 0 aromatic heterocycles. The molecule has 2 aliphatic rings. The van der Waals surface area contributed by atoms with Gasteiger partial charge in [0.1, 0.15) is 11.9 Å². The minimum absolute atomic E-state index is 0.0297. The average molecular weight is 587 g/mol. The molecule has 3 N–H and O–H groups in total. The Morgan fingerprint density at radius 2 is 1.85 bits per heavy atom. The highest BCUT2D eigenvalue weighted by molar-refractivity contribution is 7.92. The fourth-order valence-electron chi connectivity index (χ4n) is 5.41. The maximum absolute atomic E-state index is 13.5. The fourth-order valence-corrected chi connectivity index (χ4v) is 6.48. The quantitative estimate of drug-likeness (QED) is 0.434. The van der Waals surface area contributed by atoms with Gasteiger partial charge in [-0.2, -0.15) is 0 Å². The SMILES string of the molecule is C[C@@H]1CN([C@H](C)CO)C(=O)Cc2cc(NS(=O)(=O)c3ccccc3)ccc2O[C@@H]1CN(C)C(=O)NC1CCCCC1. The number of anilines is 1. The number of urea groups is 1. The Bertz CT molecular complexity index is 1300. The zero-order chi connectivity index (χ0) is 29.6. The second-order valence-corrected chi connectivity index (χ2v) is 13.0. The summed E-state index contributed by atoms with van der Waals surface area (Å²) in [5.74, 6) is 0.0907. The van der Waals surface area contributed by atoms with Crippen molar-refractivity contribution in [3.05, 3.63) is 54.1 Å². The minimum atomic E-state index is -3.83. The predicted octanol–water partition coefficient (Wildman–Crippen LogP) is 3.61. The number of aliphatic hydroxyl groups is 1. The number of hydrogen-bond donors (Lipinski definition) is 3. The van der Waals surface area contributed by atoms with Crippen LogP contribution in [-0.2, 0) is 21.2 Å². The van der Waals surface area contributed by atoms with Crippen LogP contribution in [0.3, 0.4) is 0 Å². The highest BCUT2D eigenvalue weighted by Gasteiger charge is 2.32. The molecule has 1 heterocycles. The van der Waals surface area contributed by atoms with Crippen LogP contribution in [0.1, 0.15) is 51.5 Å². The monoisotopic (exact) mass is 586 g/mol. The van der Waals surface area contributed by atoms with E-state index in [1.165, 1.54) is 18.6 Å². The average Bonchev–Trinajstić information content (AvgIpc) is 3.01. The van der Waals surface area contributed by atoms with Crippen molar-refractivity contribution in [2.45, 2.75) is 75.5 Å². The van der Waals surface area contributed by atoms with Crippen molar-refractivity contribution in [1.82, 2.24) is 15.1 Å². The molecule has 2 aromatic carbocycles. The number of sulfonamides is 1. The van der Waals surface area contributed by atoms with Crippen LogP contribution < -0.4 is 14.8 Å². The van der Waals surface area contributed by atoms with Crippen LogP contribution in [0.2, 0.25) is 0 Å². The molecule has 41 heavy (non-hydrogen) atoms. The van der Waals surface area contributed by atoms with Gasteiger partial charge in [0.15, 0.2) is 0 Å². The molecule has 0 bridgehead atoms. The Morgan fingerprint density at radius 3 is 2.54 bits per heavy atom. The predicted molar refractivity (Wildman–Crippen MR) is 157 cm³/mol. The molecule has 0 radical (unpaired) electrons. The van der Waals surface area contributed by atoms with Crippen molar-refractivity contribution in [3.63, 3.8) is 0 Å². The number of aliphatic hydroxyl groups excluding tert-OH is 1. The third kappa shape index (κ3) is 7.91. The summed E-state index contributed by atoms with van der Waals surface area (Å²) in [5, 5.41) is 13.0. The lowest BCUT2D eigenvalue weighted by molar-refractivity contribution is -0.134. The van der Waals surface area contributed by atoms with E-state index in [1.54, 1.807) is 60.2 Å². The van der Waals surface area contributed by atoms with Crippen molar-refractivity contribution in [2.75, 3.05) is 31.5 Å². The van der Waals surface area contributed by atoms with Crippen molar-refractivity contribution in [2.24, 2.45) is 5.92 Å². The summed E-state index contributed by atoms with van der Waals surface area (Å²) in [6.07, 6.45) is 4.91. The Hall–Kier alpha value is -3.31. The maximum Gasteiger partial charge on any atom is 0.317 e. The van der Waals surface area contributed by atoms with Crippen molar-refractivity contribution in [3.8, 4) is 5.75 Å². The summed E-state index contributed by atoms with van der Waals surface area (Å²) in [6, 6.07) is 12.5. The molecule has 10 nitrogen and oxygen atoms in total. The number of carbonyl (C=O) groups is 2. The first-order valence-electron chi connectivity index (χ1n) is 14.4. The van der Waals surface area contributed by atoms with E-state index < -0.39 is 22.2 Å². The van der Waals surface area contributed by atoms with Crippen LogP contribution in [0.15, 0.2) is 53.4 Å². The lowest BCUT2D eigenvalue weighted by atomic mass is 9.96. The number of amides is 3. The lowest BCUT2D eigenvalue weighted by Crippen LogP contribution is -2.50. The molecule has 3 amide bonds. The fraction of sp³-hybridized carbons (Fsp3) is 0.533. The third-order valence-corrected chi connectivity index (χ3v) is 9.35. The number of carbonyl (C=O) groups excluding carboxylic acids is 2.